The second kappa shape index (κ2) is 4.97. The standard InChI is InChI=1S/C12H17BrN2O/c1-7-8(2)10(6-11(13)9(7)3)12(16)14-15(4)5/h6H,1-5H3,(H,14,16). The highest BCUT2D eigenvalue weighted by Crippen LogP contribution is 2.25. The lowest BCUT2D eigenvalue weighted by molar-refractivity contribution is 0.0856. The number of rotatable bonds is 2. The lowest BCUT2D eigenvalue weighted by atomic mass is 9.98. The third kappa shape index (κ3) is 2.62. The maximum Gasteiger partial charge on any atom is 0.265 e. The Bertz CT molecular complexity index is 428. The lowest BCUT2D eigenvalue weighted by Gasteiger charge is -2.16. The molecule has 88 valence electrons. The predicted molar refractivity (Wildman–Crippen MR) is 69.5 cm³/mol. The smallest absolute Gasteiger partial charge is 0.265 e. The van der Waals surface area contributed by atoms with E-state index >= 15 is 0 Å². The fourth-order valence-electron chi connectivity index (χ4n) is 1.50. The minimum Gasteiger partial charge on any atom is -0.285 e. The molecule has 0 saturated carbocycles. The van der Waals surface area contributed by atoms with E-state index in [-0.39, 0.29) is 5.91 Å². The summed E-state index contributed by atoms with van der Waals surface area (Å²) in [5, 5.41) is 1.64. The predicted octanol–water partition coefficient (Wildman–Crippen LogP) is 2.58. The topological polar surface area (TPSA) is 32.3 Å². The molecule has 0 aromatic heterocycles. The second-order valence-electron chi connectivity index (χ2n) is 4.12. The zero-order valence-corrected chi connectivity index (χ0v) is 11.9. The highest BCUT2D eigenvalue weighted by atomic mass is 79.9. The molecule has 0 aliphatic heterocycles. The summed E-state index contributed by atoms with van der Waals surface area (Å²) in [5.41, 5.74) is 6.82. The van der Waals surface area contributed by atoms with Crippen LogP contribution in [0, 0.1) is 20.8 Å². The number of hydrogen-bond acceptors (Lipinski definition) is 2. The maximum absolute atomic E-state index is 11.9. The molecule has 1 N–H and O–H groups in total. The number of hydrazine groups is 1. The van der Waals surface area contributed by atoms with E-state index in [0.717, 1.165) is 15.6 Å². The minimum atomic E-state index is -0.0775. The van der Waals surface area contributed by atoms with Crippen LogP contribution in [-0.2, 0) is 0 Å². The number of amides is 1. The molecule has 0 aliphatic carbocycles. The van der Waals surface area contributed by atoms with Gasteiger partial charge in [0.05, 0.1) is 0 Å². The van der Waals surface area contributed by atoms with Gasteiger partial charge in [0.15, 0.2) is 0 Å². The van der Waals surface area contributed by atoms with Gasteiger partial charge in [-0.1, -0.05) is 15.9 Å². The summed E-state index contributed by atoms with van der Waals surface area (Å²) in [6.45, 7) is 6.04. The van der Waals surface area contributed by atoms with Gasteiger partial charge in [-0.05, 0) is 43.5 Å². The van der Waals surface area contributed by atoms with Gasteiger partial charge in [-0.15, -0.1) is 0 Å². The van der Waals surface area contributed by atoms with Gasteiger partial charge in [0.1, 0.15) is 0 Å². The third-order valence-electron chi connectivity index (χ3n) is 2.73. The molecule has 0 saturated heterocycles. The summed E-state index contributed by atoms with van der Waals surface area (Å²) in [4.78, 5) is 11.9. The monoisotopic (exact) mass is 284 g/mol. The number of nitrogens with one attached hydrogen (secondary N) is 1. The van der Waals surface area contributed by atoms with E-state index in [2.05, 4.69) is 21.4 Å². The van der Waals surface area contributed by atoms with Crippen LogP contribution in [0.3, 0.4) is 0 Å². The molecule has 4 heteroatoms. The third-order valence-corrected chi connectivity index (χ3v) is 3.55. The summed E-state index contributed by atoms with van der Waals surface area (Å²) < 4.78 is 0.972. The number of halogens is 1. The van der Waals surface area contributed by atoms with Crippen LogP contribution in [-0.4, -0.2) is 25.0 Å². The average molecular weight is 285 g/mol. The Morgan fingerprint density at radius 1 is 1.19 bits per heavy atom. The van der Waals surface area contributed by atoms with Gasteiger partial charge in [-0.2, -0.15) is 0 Å². The highest BCUT2D eigenvalue weighted by molar-refractivity contribution is 9.10. The van der Waals surface area contributed by atoms with Gasteiger partial charge in [0.2, 0.25) is 0 Å². The molecule has 1 aromatic rings. The molecule has 0 fully saturated rings. The van der Waals surface area contributed by atoms with E-state index in [1.54, 1.807) is 19.1 Å². The molecular weight excluding hydrogens is 268 g/mol. The van der Waals surface area contributed by atoms with Gasteiger partial charge in [0.25, 0.3) is 5.91 Å². The molecule has 1 rings (SSSR count). The lowest BCUT2D eigenvalue weighted by Crippen LogP contribution is -2.36. The first-order valence-electron chi connectivity index (χ1n) is 5.09. The molecule has 0 aliphatic rings. The molecule has 0 bridgehead atoms. The Hall–Kier alpha value is -0.870. The molecule has 0 atom stereocenters. The average Bonchev–Trinajstić information content (AvgIpc) is 2.19. The number of nitrogens with zero attached hydrogens (tertiary/aromatic N) is 1. The van der Waals surface area contributed by atoms with Gasteiger partial charge >= 0.3 is 0 Å². The quantitative estimate of drug-likeness (QED) is 0.847. The molecular formula is C12H17BrN2O. The normalized spacial score (nSPS) is 10.7. The van der Waals surface area contributed by atoms with Crippen LogP contribution in [0.25, 0.3) is 0 Å². The molecule has 1 amide bonds. The van der Waals surface area contributed by atoms with Crippen LogP contribution < -0.4 is 5.43 Å². The number of hydrogen-bond donors (Lipinski definition) is 1. The first kappa shape index (κ1) is 13.2. The first-order chi connectivity index (χ1) is 7.34. The summed E-state index contributed by atoms with van der Waals surface area (Å²) in [5.74, 6) is -0.0775. The fourth-order valence-corrected chi connectivity index (χ4v) is 2.03. The van der Waals surface area contributed by atoms with Crippen molar-refractivity contribution in [2.75, 3.05) is 14.1 Å². The molecule has 16 heavy (non-hydrogen) atoms. The van der Waals surface area contributed by atoms with E-state index in [0.29, 0.717) is 5.56 Å². The van der Waals surface area contributed by atoms with Crippen molar-refractivity contribution in [1.29, 1.82) is 0 Å². The number of carbonyl (C=O) groups is 1. The van der Waals surface area contributed by atoms with Gasteiger partial charge in [-0.25, -0.2) is 5.01 Å². The van der Waals surface area contributed by atoms with Gasteiger partial charge < -0.3 is 0 Å². The van der Waals surface area contributed by atoms with Crippen LogP contribution in [0.1, 0.15) is 27.0 Å². The van der Waals surface area contributed by atoms with Crippen LogP contribution in [0.2, 0.25) is 0 Å². The van der Waals surface area contributed by atoms with Crippen LogP contribution in [0.15, 0.2) is 10.5 Å². The first-order valence-corrected chi connectivity index (χ1v) is 5.88. The van der Waals surface area contributed by atoms with Gasteiger partial charge in [-0.3, -0.25) is 10.2 Å². The van der Waals surface area contributed by atoms with Crippen LogP contribution in [0.5, 0.6) is 0 Å². The maximum atomic E-state index is 11.9. The van der Waals surface area contributed by atoms with Crippen molar-refractivity contribution >= 4 is 21.8 Å². The zero-order valence-electron chi connectivity index (χ0n) is 10.3. The molecule has 0 spiro atoms. The van der Waals surface area contributed by atoms with Crippen molar-refractivity contribution in [2.45, 2.75) is 20.8 Å². The van der Waals surface area contributed by atoms with Crippen molar-refractivity contribution in [3.63, 3.8) is 0 Å². The minimum absolute atomic E-state index is 0.0775. The molecule has 0 radical (unpaired) electrons. The Kier molecular flexibility index (Phi) is 4.10. The Labute approximate surface area is 105 Å². The van der Waals surface area contributed by atoms with E-state index in [1.807, 2.05) is 26.8 Å². The van der Waals surface area contributed by atoms with Crippen LogP contribution in [0.4, 0.5) is 0 Å². The van der Waals surface area contributed by atoms with Gasteiger partial charge in [0, 0.05) is 24.1 Å². The molecule has 1 aromatic carbocycles. The van der Waals surface area contributed by atoms with E-state index in [4.69, 9.17) is 0 Å². The van der Waals surface area contributed by atoms with Crippen molar-refractivity contribution in [1.82, 2.24) is 10.4 Å². The number of benzene rings is 1. The largest absolute Gasteiger partial charge is 0.285 e. The van der Waals surface area contributed by atoms with Crippen LogP contribution >= 0.6 is 15.9 Å². The summed E-state index contributed by atoms with van der Waals surface area (Å²) in [7, 11) is 3.59. The highest BCUT2D eigenvalue weighted by Gasteiger charge is 2.14. The summed E-state index contributed by atoms with van der Waals surface area (Å²) in [6.07, 6.45) is 0. The number of carbonyl (C=O) groups excluding carboxylic acids is 1. The molecule has 0 heterocycles. The van der Waals surface area contributed by atoms with E-state index in [9.17, 15) is 4.79 Å². The summed E-state index contributed by atoms with van der Waals surface area (Å²) >= 11 is 3.47. The van der Waals surface area contributed by atoms with E-state index in [1.165, 1.54) is 5.56 Å². The van der Waals surface area contributed by atoms with Crippen molar-refractivity contribution in [3.8, 4) is 0 Å². The fraction of sp³-hybridized carbons (Fsp3) is 0.417. The Morgan fingerprint density at radius 3 is 2.25 bits per heavy atom. The molecule has 0 unspecified atom stereocenters. The Morgan fingerprint density at radius 2 is 1.75 bits per heavy atom. The Balaban J connectivity index is 3.20. The van der Waals surface area contributed by atoms with E-state index < -0.39 is 0 Å². The van der Waals surface area contributed by atoms with Crippen molar-refractivity contribution < 1.29 is 4.79 Å². The van der Waals surface area contributed by atoms with Crippen molar-refractivity contribution in [3.05, 3.63) is 32.8 Å². The zero-order chi connectivity index (χ0) is 12.5. The molecule has 3 nitrogen and oxygen atoms in total. The second-order valence-corrected chi connectivity index (χ2v) is 4.97. The SMILES string of the molecule is Cc1c(Br)cc(C(=O)NN(C)C)c(C)c1C. The van der Waals surface area contributed by atoms with Crippen molar-refractivity contribution in [2.24, 2.45) is 0 Å². The summed E-state index contributed by atoms with van der Waals surface area (Å²) in [6, 6.07) is 1.87.